The minimum atomic E-state index is -3.31. The number of anilines is 1. The summed E-state index contributed by atoms with van der Waals surface area (Å²) in [6, 6.07) is 4.42. The molecule has 1 aromatic carbocycles. The third kappa shape index (κ3) is 3.59. The number of carbonyl (C=O) groups excluding carboxylic acids is 1. The number of rotatable bonds is 4. The number of amides is 1. The van der Waals surface area contributed by atoms with Crippen molar-refractivity contribution in [3.63, 3.8) is 0 Å². The fraction of sp³-hybridized carbons (Fsp3) is 0.385. The van der Waals surface area contributed by atoms with Crippen LogP contribution in [0, 0.1) is 6.92 Å². The Morgan fingerprint density at radius 2 is 2.10 bits per heavy atom. The largest absolute Gasteiger partial charge is 0.478 e. The van der Waals surface area contributed by atoms with E-state index >= 15 is 0 Å². The lowest BCUT2D eigenvalue weighted by molar-refractivity contribution is -0.116. The van der Waals surface area contributed by atoms with E-state index in [0.717, 1.165) is 4.31 Å². The highest BCUT2D eigenvalue weighted by Gasteiger charge is 2.29. The van der Waals surface area contributed by atoms with Gasteiger partial charge in [0.1, 0.15) is 0 Å². The number of carbonyl (C=O) groups is 2. The zero-order valence-corrected chi connectivity index (χ0v) is 12.3. The Morgan fingerprint density at radius 1 is 1.38 bits per heavy atom. The predicted octanol–water partition coefficient (Wildman–Crippen LogP) is 0.667. The van der Waals surface area contributed by atoms with E-state index < -0.39 is 21.9 Å². The second kappa shape index (κ2) is 5.82. The Hall–Kier alpha value is -1.93. The molecule has 0 spiro atoms. The van der Waals surface area contributed by atoms with Crippen LogP contribution in [0.15, 0.2) is 18.2 Å². The summed E-state index contributed by atoms with van der Waals surface area (Å²) in [4.78, 5) is 22.7. The molecular weight excluding hydrogens is 296 g/mol. The molecule has 1 fully saturated rings. The zero-order valence-electron chi connectivity index (χ0n) is 11.5. The Labute approximate surface area is 122 Å². The van der Waals surface area contributed by atoms with Gasteiger partial charge >= 0.3 is 5.97 Å². The fourth-order valence-corrected chi connectivity index (χ4v) is 3.68. The second-order valence-corrected chi connectivity index (χ2v) is 6.97. The number of aryl methyl sites for hydroxylation is 1. The topological polar surface area (TPSA) is 104 Å². The lowest BCUT2D eigenvalue weighted by atomic mass is 10.1. The molecule has 8 heteroatoms. The molecule has 7 nitrogen and oxygen atoms in total. The van der Waals surface area contributed by atoms with Crippen molar-refractivity contribution in [1.82, 2.24) is 4.31 Å². The van der Waals surface area contributed by atoms with Crippen LogP contribution in [-0.2, 0) is 14.8 Å². The van der Waals surface area contributed by atoms with Gasteiger partial charge in [-0.25, -0.2) is 13.2 Å². The normalized spacial score (nSPS) is 17.6. The lowest BCUT2D eigenvalue weighted by Crippen LogP contribution is -2.34. The Morgan fingerprint density at radius 3 is 2.62 bits per heavy atom. The third-order valence-corrected chi connectivity index (χ3v) is 5.17. The third-order valence-electron chi connectivity index (χ3n) is 3.26. The van der Waals surface area contributed by atoms with Crippen molar-refractivity contribution in [1.29, 1.82) is 0 Å². The first-order valence-electron chi connectivity index (χ1n) is 6.41. The first-order chi connectivity index (χ1) is 9.79. The van der Waals surface area contributed by atoms with Crippen molar-refractivity contribution in [3.8, 4) is 0 Å². The van der Waals surface area contributed by atoms with Crippen molar-refractivity contribution in [2.75, 3.05) is 24.2 Å². The standard InChI is InChI=1S/C13H16N2O5S/c1-9-7-10(3-4-11(9)13(17)18)14-12(16)8-15-5-2-6-21(15,19)20/h3-4,7H,2,5-6,8H2,1H3,(H,14,16)(H,17,18). The van der Waals surface area contributed by atoms with Crippen LogP contribution in [0.3, 0.4) is 0 Å². The molecule has 114 valence electrons. The first-order valence-corrected chi connectivity index (χ1v) is 8.02. The number of aromatic carboxylic acids is 1. The molecule has 0 radical (unpaired) electrons. The van der Waals surface area contributed by atoms with Crippen LogP contribution in [0.1, 0.15) is 22.3 Å². The number of hydrogen-bond donors (Lipinski definition) is 2. The summed E-state index contributed by atoms with van der Waals surface area (Å²) in [6.07, 6.45) is 0.530. The van der Waals surface area contributed by atoms with E-state index in [2.05, 4.69) is 5.32 Å². The van der Waals surface area contributed by atoms with Gasteiger partial charge in [0, 0.05) is 12.2 Å². The van der Waals surface area contributed by atoms with E-state index in [1.807, 2.05) is 0 Å². The van der Waals surface area contributed by atoms with Gasteiger partial charge in [0.2, 0.25) is 15.9 Å². The van der Waals surface area contributed by atoms with Crippen LogP contribution in [0.2, 0.25) is 0 Å². The number of benzene rings is 1. The molecule has 1 aliphatic heterocycles. The van der Waals surface area contributed by atoms with Crippen LogP contribution < -0.4 is 5.32 Å². The molecule has 2 rings (SSSR count). The van der Waals surface area contributed by atoms with E-state index in [1.54, 1.807) is 13.0 Å². The molecule has 0 bridgehead atoms. The maximum absolute atomic E-state index is 11.9. The molecule has 2 N–H and O–H groups in total. The molecule has 21 heavy (non-hydrogen) atoms. The number of nitrogens with zero attached hydrogens (tertiary/aromatic N) is 1. The molecule has 0 saturated carbocycles. The number of hydrogen-bond acceptors (Lipinski definition) is 4. The van der Waals surface area contributed by atoms with Gasteiger partial charge in [0.15, 0.2) is 0 Å². The van der Waals surface area contributed by atoms with Gasteiger partial charge < -0.3 is 10.4 Å². The minimum absolute atomic E-state index is 0.0761. The molecule has 1 heterocycles. The Balaban J connectivity index is 2.03. The minimum Gasteiger partial charge on any atom is -0.478 e. The second-order valence-electron chi connectivity index (χ2n) is 4.89. The van der Waals surface area contributed by atoms with Crippen molar-refractivity contribution in [2.24, 2.45) is 0 Å². The molecule has 1 aliphatic rings. The van der Waals surface area contributed by atoms with E-state index in [-0.39, 0.29) is 17.9 Å². The summed E-state index contributed by atoms with van der Waals surface area (Å²) >= 11 is 0. The van der Waals surface area contributed by atoms with Crippen LogP contribution in [0.5, 0.6) is 0 Å². The van der Waals surface area contributed by atoms with Crippen LogP contribution in [0.4, 0.5) is 5.69 Å². The predicted molar refractivity (Wildman–Crippen MR) is 76.7 cm³/mol. The van der Waals surface area contributed by atoms with E-state index in [4.69, 9.17) is 5.11 Å². The molecule has 1 amide bonds. The highest BCUT2D eigenvalue weighted by Crippen LogP contribution is 2.16. The SMILES string of the molecule is Cc1cc(NC(=O)CN2CCCS2(=O)=O)ccc1C(=O)O. The number of carboxylic acids is 1. The average Bonchev–Trinajstić information content (AvgIpc) is 2.68. The van der Waals surface area contributed by atoms with Crippen molar-refractivity contribution < 1.29 is 23.1 Å². The Bertz CT molecular complexity index is 684. The summed E-state index contributed by atoms with van der Waals surface area (Å²) < 4.78 is 24.4. The molecular formula is C13H16N2O5S. The van der Waals surface area contributed by atoms with Gasteiger partial charge in [0.25, 0.3) is 0 Å². The van der Waals surface area contributed by atoms with Gasteiger partial charge in [-0.3, -0.25) is 4.79 Å². The molecule has 1 aromatic rings. The Kier molecular flexibility index (Phi) is 4.29. The van der Waals surface area contributed by atoms with Crippen LogP contribution >= 0.6 is 0 Å². The monoisotopic (exact) mass is 312 g/mol. The van der Waals surface area contributed by atoms with Crippen molar-refractivity contribution in [3.05, 3.63) is 29.3 Å². The molecule has 0 unspecified atom stereocenters. The highest BCUT2D eigenvalue weighted by atomic mass is 32.2. The number of sulfonamides is 1. The van der Waals surface area contributed by atoms with Gasteiger partial charge in [-0.15, -0.1) is 0 Å². The summed E-state index contributed by atoms with van der Waals surface area (Å²) in [5.74, 6) is -1.40. The molecule has 0 atom stereocenters. The summed E-state index contributed by atoms with van der Waals surface area (Å²) in [7, 11) is -3.31. The smallest absolute Gasteiger partial charge is 0.335 e. The van der Waals surface area contributed by atoms with Crippen LogP contribution in [0.25, 0.3) is 0 Å². The zero-order chi connectivity index (χ0) is 15.6. The summed E-state index contributed by atoms with van der Waals surface area (Å²) in [6.45, 7) is 1.76. The average molecular weight is 312 g/mol. The van der Waals surface area contributed by atoms with E-state index in [9.17, 15) is 18.0 Å². The van der Waals surface area contributed by atoms with Gasteiger partial charge in [-0.2, -0.15) is 4.31 Å². The summed E-state index contributed by atoms with van der Waals surface area (Å²) in [5, 5.41) is 11.5. The molecule has 1 saturated heterocycles. The van der Waals surface area contributed by atoms with Crippen LogP contribution in [-0.4, -0.2) is 48.5 Å². The maximum Gasteiger partial charge on any atom is 0.335 e. The van der Waals surface area contributed by atoms with Gasteiger partial charge in [-0.1, -0.05) is 0 Å². The fourth-order valence-electron chi connectivity index (χ4n) is 2.21. The van der Waals surface area contributed by atoms with Gasteiger partial charge in [0.05, 0.1) is 17.9 Å². The quantitative estimate of drug-likeness (QED) is 0.850. The van der Waals surface area contributed by atoms with E-state index in [0.29, 0.717) is 24.2 Å². The van der Waals surface area contributed by atoms with Crippen molar-refractivity contribution >= 4 is 27.6 Å². The highest BCUT2D eigenvalue weighted by molar-refractivity contribution is 7.89. The maximum atomic E-state index is 11.9. The first kappa shape index (κ1) is 15.5. The summed E-state index contributed by atoms with van der Waals surface area (Å²) in [5.41, 5.74) is 1.13. The number of carboxylic acid groups (broad SMARTS) is 1. The number of nitrogens with one attached hydrogen (secondary N) is 1. The van der Waals surface area contributed by atoms with Crippen molar-refractivity contribution in [2.45, 2.75) is 13.3 Å². The molecule has 0 aromatic heterocycles. The lowest BCUT2D eigenvalue weighted by Gasteiger charge is -2.14. The van der Waals surface area contributed by atoms with E-state index in [1.165, 1.54) is 12.1 Å². The molecule has 0 aliphatic carbocycles. The van der Waals surface area contributed by atoms with Gasteiger partial charge in [-0.05, 0) is 37.1 Å².